The van der Waals surface area contributed by atoms with Crippen molar-refractivity contribution in [2.75, 3.05) is 12.4 Å². The van der Waals surface area contributed by atoms with Crippen LogP contribution in [0.5, 0.6) is 0 Å². The summed E-state index contributed by atoms with van der Waals surface area (Å²) in [6, 6.07) is 9.24. The third-order valence-electron chi connectivity index (χ3n) is 5.24. The molecular weight excluding hydrogens is 430 g/mol. The molecule has 0 bridgehead atoms. The molecule has 0 aliphatic rings. The Morgan fingerprint density at radius 1 is 1.18 bits per heavy atom. The highest BCUT2D eigenvalue weighted by Gasteiger charge is 2.23. The molecule has 34 heavy (non-hydrogen) atoms. The molecule has 2 heterocycles. The molecule has 178 valence electrons. The number of H-pyrrole nitrogens is 1. The van der Waals surface area contributed by atoms with Gasteiger partial charge in [0.05, 0.1) is 6.20 Å². The number of rotatable bonds is 9. The number of hydrogen-bond donors (Lipinski definition) is 2. The van der Waals surface area contributed by atoms with Crippen molar-refractivity contribution in [3.8, 4) is 11.1 Å². The van der Waals surface area contributed by atoms with Gasteiger partial charge in [0.25, 0.3) is 0 Å². The van der Waals surface area contributed by atoms with Crippen LogP contribution in [0.2, 0.25) is 0 Å². The molecule has 0 saturated heterocycles. The Bertz CT molecular complexity index is 1120. The highest BCUT2D eigenvalue weighted by molar-refractivity contribution is 6.02. The highest BCUT2D eigenvalue weighted by atomic mass is 16.6. The van der Waals surface area contributed by atoms with Gasteiger partial charge in [-0.2, -0.15) is 5.10 Å². The second-order valence-corrected chi connectivity index (χ2v) is 8.70. The van der Waals surface area contributed by atoms with Gasteiger partial charge in [-0.15, -0.1) is 0 Å². The minimum absolute atomic E-state index is 0.256. The smallest absolute Gasteiger partial charge is 0.410 e. The molecule has 0 radical (unpaired) electrons. The lowest BCUT2D eigenvalue weighted by molar-refractivity contribution is -0.111. The Kier molecular flexibility index (Phi) is 8.19. The van der Waals surface area contributed by atoms with Gasteiger partial charge in [-0.05, 0) is 55.7 Å². The minimum atomic E-state index is -0.489. The summed E-state index contributed by atoms with van der Waals surface area (Å²) in [7, 11) is 1.71. The van der Waals surface area contributed by atoms with Gasteiger partial charge >= 0.3 is 6.09 Å². The molecule has 3 rings (SSSR count). The van der Waals surface area contributed by atoms with Crippen LogP contribution >= 0.6 is 0 Å². The molecule has 1 aromatic carbocycles. The number of benzene rings is 1. The van der Waals surface area contributed by atoms with Crippen LogP contribution in [0.15, 0.2) is 61.2 Å². The molecule has 8 nitrogen and oxygen atoms in total. The third kappa shape index (κ3) is 7.03. The quantitative estimate of drug-likeness (QED) is 0.423. The van der Waals surface area contributed by atoms with E-state index in [9.17, 15) is 9.59 Å². The van der Waals surface area contributed by atoms with E-state index in [2.05, 4.69) is 27.4 Å². The fraction of sp³-hybridized carbons (Fsp3) is 0.308. The number of ether oxygens (including phenoxy) is 1. The Morgan fingerprint density at radius 2 is 1.94 bits per heavy atom. The summed E-state index contributed by atoms with van der Waals surface area (Å²) in [4.78, 5) is 30.5. The number of hydrogen-bond acceptors (Lipinski definition) is 5. The standard InChI is InChI=1S/C26H31N5O3/c1-5-13-26(2,3)34-25(33)31(4)18-19-6-9-22(10-7-19)30-24(32)11-8-20-15-27-14-12-23(20)21-16-28-29-17-21/h6-12,14-17H,5,13,18H2,1-4H3,(H,28,29)(H,30,32)/b11-8+. The van der Waals surface area contributed by atoms with E-state index in [1.54, 1.807) is 42.8 Å². The maximum absolute atomic E-state index is 12.4. The van der Waals surface area contributed by atoms with Crippen LogP contribution in [0.4, 0.5) is 10.5 Å². The first kappa shape index (κ1) is 24.7. The van der Waals surface area contributed by atoms with Gasteiger partial charge in [-0.25, -0.2) is 4.79 Å². The van der Waals surface area contributed by atoms with Crippen LogP contribution in [0.25, 0.3) is 17.2 Å². The zero-order chi connectivity index (χ0) is 24.6. The topological polar surface area (TPSA) is 100 Å². The van der Waals surface area contributed by atoms with Crippen LogP contribution in [0.1, 0.15) is 44.7 Å². The van der Waals surface area contributed by atoms with Crippen LogP contribution < -0.4 is 5.32 Å². The molecule has 2 amide bonds. The van der Waals surface area contributed by atoms with Gasteiger partial charge in [0.1, 0.15) is 5.60 Å². The summed E-state index contributed by atoms with van der Waals surface area (Å²) in [5, 5.41) is 9.60. The maximum atomic E-state index is 12.4. The Balaban J connectivity index is 1.56. The molecule has 2 N–H and O–H groups in total. The predicted molar refractivity (Wildman–Crippen MR) is 133 cm³/mol. The number of aromatic amines is 1. The highest BCUT2D eigenvalue weighted by Crippen LogP contribution is 2.23. The largest absolute Gasteiger partial charge is 0.443 e. The first-order valence-electron chi connectivity index (χ1n) is 11.2. The van der Waals surface area contributed by atoms with E-state index < -0.39 is 5.60 Å². The van der Waals surface area contributed by atoms with Crippen molar-refractivity contribution in [1.29, 1.82) is 0 Å². The minimum Gasteiger partial charge on any atom is -0.443 e. The van der Waals surface area contributed by atoms with E-state index in [1.807, 2.05) is 44.2 Å². The van der Waals surface area contributed by atoms with Crippen LogP contribution in [0, 0.1) is 0 Å². The molecule has 3 aromatic rings. The lowest BCUT2D eigenvalue weighted by Gasteiger charge is -2.28. The molecule has 0 aliphatic carbocycles. The van der Waals surface area contributed by atoms with Gasteiger partial charge in [0.15, 0.2) is 0 Å². The number of amides is 2. The summed E-state index contributed by atoms with van der Waals surface area (Å²) in [6.45, 7) is 6.31. The normalized spacial score (nSPS) is 11.4. The van der Waals surface area contributed by atoms with Gasteiger partial charge in [-0.3, -0.25) is 14.9 Å². The van der Waals surface area contributed by atoms with E-state index in [1.165, 1.54) is 6.08 Å². The first-order valence-corrected chi connectivity index (χ1v) is 11.2. The van der Waals surface area contributed by atoms with Gasteiger partial charge < -0.3 is 15.0 Å². The maximum Gasteiger partial charge on any atom is 0.410 e. The molecule has 0 saturated carbocycles. The molecule has 8 heteroatoms. The van der Waals surface area contributed by atoms with Gasteiger partial charge in [0.2, 0.25) is 5.91 Å². The molecule has 0 atom stereocenters. The lowest BCUT2D eigenvalue weighted by atomic mass is 10.0. The summed E-state index contributed by atoms with van der Waals surface area (Å²) in [6.07, 6.45) is 11.5. The molecule has 2 aromatic heterocycles. The SMILES string of the molecule is CCCC(C)(C)OC(=O)N(C)Cc1ccc(NC(=O)/C=C/c2cnccc2-c2cn[nH]c2)cc1. The van der Waals surface area contributed by atoms with E-state index >= 15 is 0 Å². The van der Waals surface area contributed by atoms with Crippen molar-refractivity contribution in [2.45, 2.75) is 45.8 Å². The number of aromatic nitrogens is 3. The van der Waals surface area contributed by atoms with Crippen LogP contribution in [-0.2, 0) is 16.1 Å². The summed E-state index contributed by atoms with van der Waals surface area (Å²) < 4.78 is 5.60. The summed E-state index contributed by atoms with van der Waals surface area (Å²) in [5.41, 5.74) is 3.76. The molecular formula is C26H31N5O3. The van der Waals surface area contributed by atoms with E-state index in [-0.39, 0.29) is 12.0 Å². The molecule has 0 unspecified atom stereocenters. The number of pyridine rings is 1. The third-order valence-corrected chi connectivity index (χ3v) is 5.24. The van der Waals surface area contributed by atoms with Crippen LogP contribution in [0.3, 0.4) is 0 Å². The average Bonchev–Trinajstić information content (AvgIpc) is 3.33. The second kappa shape index (κ2) is 11.3. The fourth-order valence-corrected chi connectivity index (χ4v) is 3.55. The molecule has 0 fully saturated rings. The Labute approximate surface area is 200 Å². The van der Waals surface area contributed by atoms with Crippen molar-refractivity contribution in [3.63, 3.8) is 0 Å². The number of nitrogens with zero attached hydrogens (tertiary/aromatic N) is 3. The zero-order valence-corrected chi connectivity index (χ0v) is 20.0. The summed E-state index contributed by atoms with van der Waals surface area (Å²) >= 11 is 0. The molecule has 0 aliphatic heterocycles. The summed E-state index contributed by atoms with van der Waals surface area (Å²) in [5.74, 6) is -0.256. The van der Waals surface area contributed by atoms with Crippen molar-refractivity contribution < 1.29 is 14.3 Å². The van der Waals surface area contributed by atoms with E-state index in [0.29, 0.717) is 12.2 Å². The van der Waals surface area contributed by atoms with Crippen LogP contribution in [-0.4, -0.2) is 44.7 Å². The number of carbonyl (C=O) groups excluding carboxylic acids is 2. The van der Waals surface area contributed by atoms with Crippen molar-refractivity contribution in [1.82, 2.24) is 20.1 Å². The van der Waals surface area contributed by atoms with E-state index in [0.717, 1.165) is 35.1 Å². The Hall–Kier alpha value is -3.94. The van der Waals surface area contributed by atoms with Gasteiger partial charge in [0, 0.05) is 55.1 Å². The number of carbonyl (C=O) groups is 2. The number of nitrogens with one attached hydrogen (secondary N) is 2. The first-order chi connectivity index (χ1) is 16.3. The van der Waals surface area contributed by atoms with Gasteiger partial charge in [-0.1, -0.05) is 25.5 Å². The zero-order valence-electron chi connectivity index (χ0n) is 20.0. The number of anilines is 1. The fourth-order valence-electron chi connectivity index (χ4n) is 3.55. The van der Waals surface area contributed by atoms with E-state index in [4.69, 9.17) is 4.74 Å². The lowest BCUT2D eigenvalue weighted by Crippen LogP contribution is -2.35. The van der Waals surface area contributed by atoms with Crippen molar-refractivity contribution >= 4 is 23.8 Å². The predicted octanol–water partition coefficient (Wildman–Crippen LogP) is 5.27. The second-order valence-electron chi connectivity index (χ2n) is 8.70. The average molecular weight is 462 g/mol. The monoisotopic (exact) mass is 461 g/mol. The molecule has 0 spiro atoms. The van der Waals surface area contributed by atoms with Crippen molar-refractivity contribution in [2.24, 2.45) is 0 Å². The Morgan fingerprint density at radius 3 is 2.62 bits per heavy atom. The van der Waals surface area contributed by atoms with Crippen molar-refractivity contribution in [3.05, 3.63) is 72.3 Å².